The Bertz CT molecular complexity index is 1090. The zero-order chi connectivity index (χ0) is 32.4. The van der Waals surface area contributed by atoms with Crippen LogP contribution in [-0.2, 0) is 14.3 Å². The predicted molar refractivity (Wildman–Crippen MR) is 177 cm³/mol. The molecule has 0 heterocycles. The summed E-state index contributed by atoms with van der Waals surface area (Å²) in [7, 11) is 4.70. The second kappa shape index (κ2) is 13.7. The molecule has 0 aliphatic heterocycles. The number of rotatable bonds is 11. The molecule has 0 saturated heterocycles. The molecule has 0 aromatic rings. The molecule has 2 amide bonds. The number of hydrogen-bond donors (Lipinski definition) is 0. The molecule has 4 aliphatic carbocycles. The molecule has 4 rings (SSSR count). The van der Waals surface area contributed by atoms with Gasteiger partial charge in [-0.25, -0.2) is 4.79 Å². The lowest BCUT2D eigenvalue weighted by atomic mass is 9.41. The lowest BCUT2D eigenvalue weighted by molar-refractivity contribution is -0.129. The molecule has 3 saturated carbocycles. The van der Waals surface area contributed by atoms with Gasteiger partial charge in [0.05, 0.1) is 0 Å². The quantitative estimate of drug-likeness (QED) is 0.103. The van der Waals surface area contributed by atoms with E-state index in [0.717, 1.165) is 49.4 Å². The zero-order valence-corrected chi connectivity index (χ0v) is 29.4. The van der Waals surface area contributed by atoms with Crippen LogP contribution in [0.5, 0.6) is 0 Å². The Morgan fingerprint density at radius 1 is 0.955 bits per heavy atom. The van der Waals surface area contributed by atoms with E-state index in [-0.39, 0.29) is 35.9 Å². The molecule has 0 aromatic heterocycles. The molecule has 7 heteroatoms. The van der Waals surface area contributed by atoms with Gasteiger partial charge in [0.15, 0.2) is 13.5 Å². The van der Waals surface area contributed by atoms with Crippen molar-refractivity contribution < 1.29 is 23.9 Å². The van der Waals surface area contributed by atoms with Crippen molar-refractivity contribution in [1.29, 1.82) is 0 Å². The third-order valence-corrected chi connectivity index (χ3v) is 13.1. The van der Waals surface area contributed by atoms with E-state index in [1.165, 1.54) is 62.5 Å². The molecule has 44 heavy (non-hydrogen) atoms. The van der Waals surface area contributed by atoms with Crippen molar-refractivity contribution in [3.05, 3.63) is 11.6 Å². The summed E-state index contributed by atoms with van der Waals surface area (Å²) < 4.78 is 10.7. The number of allylic oxidation sites excluding steroid dienone is 1. The normalized spacial score (nSPS) is 35.1. The first-order chi connectivity index (χ1) is 20.7. The van der Waals surface area contributed by atoms with Crippen LogP contribution in [0.3, 0.4) is 0 Å². The van der Waals surface area contributed by atoms with Crippen LogP contribution in [0.4, 0.5) is 4.79 Å². The van der Waals surface area contributed by atoms with Gasteiger partial charge in [-0.15, -0.1) is 0 Å². The number of nitrogens with zero attached hydrogens (tertiary/aromatic N) is 2. The molecule has 4 aliphatic rings. The van der Waals surface area contributed by atoms with E-state index in [1.807, 2.05) is 0 Å². The molecule has 1 N–H and O–H groups in total. The number of carbonyl (C=O) groups excluding carboxylic acids is 3. The van der Waals surface area contributed by atoms with E-state index >= 15 is 0 Å². The maximum absolute atomic E-state index is 13.0. The third kappa shape index (κ3) is 6.87. The summed E-state index contributed by atoms with van der Waals surface area (Å²) in [6.45, 7) is 15.8. The number of likely N-dealkylation sites (N-methyl/N-ethyl adjacent to an activating group) is 2. The number of carbonyl (C=O) groups is 2. The van der Waals surface area contributed by atoms with Gasteiger partial charge in [0.25, 0.3) is 0 Å². The van der Waals surface area contributed by atoms with Crippen LogP contribution in [0.1, 0.15) is 119 Å². The molecule has 3 fully saturated rings. The van der Waals surface area contributed by atoms with Crippen molar-refractivity contribution in [1.82, 2.24) is 9.80 Å². The average Bonchev–Trinajstić information content (AvgIpc) is 3.33. The van der Waals surface area contributed by atoms with E-state index in [9.17, 15) is 14.4 Å². The van der Waals surface area contributed by atoms with Crippen LogP contribution in [0.15, 0.2) is 11.6 Å². The van der Waals surface area contributed by atoms with Crippen LogP contribution < -0.4 is 0 Å². The van der Waals surface area contributed by atoms with Gasteiger partial charge < -0.3 is 24.1 Å². The van der Waals surface area contributed by atoms with Crippen molar-refractivity contribution in [2.75, 3.05) is 34.3 Å². The molecular formula is C37H63N2O5+. The van der Waals surface area contributed by atoms with Crippen LogP contribution in [0, 0.1) is 45.8 Å². The van der Waals surface area contributed by atoms with Crippen molar-refractivity contribution in [2.45, 2.75) is 125 Å². The molecule has 0 aromatic carbocycles. The standard InChI is InChI=1S/C37H62N2O5/c1-25(2)11-10-12-26(3)29-13-14-30-36(29,5)20-17-31-35(4)19-16-28(23-27(35)15-18-37(30,31)6)44-34(42)39(8)22-21-38(7)32(40)24-33(41)43-9/h15,25-26,28-31H,10-14,16-24H2,1-9H3/p+1/t26-,28+,29-,30-,31-,35+,36-,37+/m1/s1. The smallest absolute Gasteiger partial charge is 0.446 e. The Labute approximate surface area is 267 Å². The molecule has 0 bridgehead atoms. The highest BCUT2D eigenvalue weighted by Gasteiger charge is 2.64. The van der Waals surface area contributed by atoms with Gasteiger partial charge in [-0.05, 0) is 90.8 Å². The summed E-state index contributed by atoms with van der Waals surface area (Å²) in [6.07, 6.45) is 15.5. The first kappa shape index (κ1) is 34.8. The number of fused-ring (bicyclic) bond motifs is 5. The lowest BCUT2D eigenvalue weighted by Crippen LogP contribution is -2.56. The summed E-state index contributed by atoms with van der Waals surface area (Å²) >= 11 is 0. The largest absolute Gasteiger partial charge is 0.492 e. The highest BCUT2D eigenvalue weighted by atomic mass is 16.6. The van der Waals surface area contributed by atoms with Crippen molar-refractivity contribution in [3.8, 4) is 0 Å². The fourth-order valence-corrected chi connectivity index (χ4v) is 10.5. The van der Waals surface area contributed by atoms with Crippen LogP contribution in [-0.4, -0.2) is 73.0 Å². The zero-order valence-electron chi connectivity index (χ0n) is 29.4. The topological polar surface area (TPSA) is 80.5 Å². The Hall–Kier alpha value is -2.05. The number of esters is 1. The summed E-state index contributed by atoms with van der Waals surface area (Å²) in [5.41, 5.74) is 2.52. The first-order valence-electron chi connectivity index (χ1n) is 17.6. The van der Waals surface area contributed by atoms with Gasteiger partial charge in [0.1, 0.15) is 6.10 Å². The summed E-state index contributed by atoms with van der Waals surface area (Å²) in [5.74, 6) is 3.40. The van der Waals surface area contributed by atoms with Gasteiger partial charge >= 0.3 is 12.1 Å². The fraction of sp³-hybridized carbons (Fsp3) is 0.865. The highest BCUT2D eigenvalue weighted by molar-refractivity contribution is 5.94. The molecule has 0 radical (unpaired) electrons. The number of methoxy groups -OCH3 is 1. The third-order valence-electron chi connectivity index (χ3n) is 13.1. The second-order valence-corrected chi connectivity index (χ2v) is 16.3. The average molecular weight is 616 g/mol. The number of hydrogen-bond acceptors (Lipinski definition) is 4. The van der Waals surface area contributed by atoms with E-state index in [2.05, 4.69) is 52.4 Å². The molecule has 0 spiro atoms. The van der Waals surface area contributed by atoms with E-state index in [0.29, 0.717) is 29.8 Å². The van der Waals surface area contributed by atoms with Crippen LogP contribution in [0.2, 0.25) is 0 Å². The maximum Gasteiger partial charge on any atom is 0.492 e. The molecular weight excluding hydrogens is 552 g/mol. The van der Waals surface area contributed by atoms with Crippen LogP contribution in [0.25, 0.3) is 0 Å². The SMILES string of the molecule is COC(=[OH+])CC(=O)N(C)CCN(C)C(=O)O[C@H]1CC[C@@]2(C)C(=CC[C@@]3(C)[C@@H]4CC[C@H]([C@H](C)CCCC(C)C)[C@@]4(C)CC[C@@H]32)C1. The van der Waals surface area contributed by atoms with Crippen molar-refractivity contribution in [3.63, 3.8) is 0 Å². The Balaban J connectivity index is 1.35. The van der Waals surface area contributed by atoms with Crippen molar-refractivity contribution >= 4 is 18.0 Å². The Kier molecular flexibility index (Phi) is 10.9. The predicted octanol–water partition coefficient (Wildman–Crippen LogP) is 7.85. The summed E-state index contributed by atoms with van der Waals surface area (Å²) in [6, 6.07) is 0. The molecule has 8 atom stereocenters. The van der Waals surface area contributed by atoms with Gasteiger partial charge in [-0.2, -0.15) is 0 Å². The van der Waals surface area contributed by atoms with Gasteiger partial charge in [-0.1, -0.05) is 72.5 Å². The lowest BCUT2D eigenvalue weighted by Gasteiger charge is -2.63. The molecule has 7 nitrogen and oxygen atoms in total. The van der Waals surface area contributed by atoms with E-state index in [1.54, 1.807) is 19.0 Å². The second-order valence-electron chi connectivity index (χ2n) is 16.3. The minimum absolute atomic E-state index is 0.0994. The van der Waals surface area contributed by atoms with Crippen molar-refractivity contribution in [2.24, 2.45) is 45.8 Å². The van der Waals surface area contributed by atoms with Crippen LogP contribution >= 0.6 is 0 Å². The maximum atomic E-state index is 13.0. The Morgan fingerprint density at radius 3 is 2.34 bits per heavy atom. The van der Waals surface area contributed by atoms with E-state index < -0.39 is 0 Å². The van der Waals surface area contributed by atoms with Gasteiger partial charge in [0.2, 0.25) is 5.91 Å². The van der Waals surface area contributed by atoms with Gasteiger partial charge in [-0.3, -0.25) is 4.79 Å². The summed E-state index contributed by atoms with van der Waals surface area (Å²) in [5, 5.41) is 0. The minimum atomic E-state index is -0.333. The van der Waals surface area contributed by atoms with E-state index in [4.69, 9.17) is 4.74 Å². The number of ether oxygens (including phenoxy) is 2. The first-order valence-corrected chi connectivity index (χ1v) is 17.6. The monoisotopic (exact) mass is 615 g/mol. The minimum Gasteiger partial charge on any atom is -0.446 e. The van der Waals surface area contributed by atoms with Gasteiger partial charge in [0, 0.05) is 33.6 Å². The number of amides is 2. The fourth-order valence-electron chi connectivity index (χ4n) is 10.5. The highest BCUT2D eigenvalue weighted by Crippen LogP contribution is 2.72. The summed E-state index contributed by atoms with van der Waals surface area (Å²) in [4.78, 5) is 37.7. The molecule has 0 unspecified atom stereocenters. The Morgan fingerprint density at radius 2 is 1.66 bits per heavy atom. The molecule has 250 valence electrons.